The highest BCUT2D eigenvalue weighted by Crippen LogP contribution is 2.15. The van der Waals surface area contributed by atoms with E-state index in [0.29, 0.717) is 19.0 Å². The summed E-state index contributed by atoms with van der Waals surface area (Å²) in [6, 6.07) is 9.80. The van der Waals surface area contributed by atoms with Crippen molar-refractivity contribution < 1.29 is 9.53 Å². The first kappa shape index (κ1) is 23.1. The van der Waals surface area contributed by atoms with Crippen LogP contribution in [0.5, 0.6) is 0 Å². The summed E-state index contributed by atoms with van der Waals surface area (Å²) in [5.74, 6) is -0.0672. The molecule has 3 N–H and O–H groups in total. The monoisotopic (exact) mass is 377 g/mol. The summed E-state index contributed by atoms with van der Waals surface area (Å²) in [6.07, 6.45) is 2.88. The van der Waals surface area contributed by atoms with E-state index < -0.39 is 6.04 Å². The normalized spacial score (nSPS) is 18.3. The van der Waals surface area contributed by atoms with Crippen LogP contribution >= 0.6 is 24.8 Å². The first-order valence-corrected chi connectivity index (χ1v) is 8.01. The third kappa shape index (κ3) is 7.36. The van der Waals surface area contributed by atoms with E-state index in [4.69, 9.17) is 10.5 Å². The van der Waals surface area contributed by atoms with Crippen molar-refractivity contribution in [3.05, 3.63) is 35.9 Å². The highest BCUT2D eigenvalue weighted by atomic mass is 35.5. The fraction of sp³-hybridized carbons (Fsp3) is 0.588. The maximum Gasteiger partial charge on any atom is 0.237 e. The predicted molar refractivity (Wildman–Crippen MR) is 102 cm³/mol. The lowest BCUT2D eigenvalue weighted by Gasteiger charge is -2.25. The third-order valence-electron chi connectivity index (χ3n) is 4.23. The van der Waals surface area contributed by atoms with Gasteiger partial charge in [-0.2, -0.15) is 0 Å². The molecule has 2 rings (SSSR count). The fourth-order valence-electron chi connectivity index (χ4n) is 2.94. The average Bonchev–Trinajstić information content (AvgIpc) is 2.98. The molecule has 1 amide bonds. The van der Waals surface area contributed by atoms with Gasteiger partial charge in [0.2, 0.25) is 5.91 Å². The Labute approximate surface area is 157 Å². The Hall–Kier alpha value is -0.850. The van der Waals surface area contributed by atoms with Gasteiger partial charge < -0.3 is 15.8 Å². The summed E-state index contributed by atoms with van der Waals surface area (Å²) in [7, 11) is 1.72. The van der Waals surface area contributed by atoms with Crippen molar-refractivity contribution in [1.82, 2.24) is 10.2 Å². The van der Waals surface area contributed by atoms with Crippen molar-refractivity contribution in [3.63, 3.8) is 0 Å². The molecule has 2 unspecified atom stereocenters. The number of ether oxygens (including phenoxy) is 1. The van der Waals surface area contributed by atoms with E-state index in [-0.39, 0.29) is 30.7 Å². The molecule has 0 spiro atoms. The fourth-order valence-corrected chi connectivity index (χ4v) is 2.94. The van der Waals surface area contributed by atoms with Crippen LogP contribution < -0.4 is 11.1 Å². The molecule has 0 bridgehead atoms. The molecule has 0 saturated carbocycles. The SMILES string of the molecule is COCCN1CCCC1CNC(=O)C(N)Cc1ccccc1.Cl.Cl. The van der Waals surface area contributed by atoms with Gasteiger partial charge in [0, 0.05) is 26.2 Å². The smallest absolute Gasteiger partial charge is 0.237 e. The number of carbonyl (C=O) groups is 1. The van der Waals surface area contributed by atoms with E-state index in [1.54, 1.807) is 7.11 Å². The molecule has 1 heterocycles. The van der Waals surface area contributed by atoms with Gasteiger partial charge in [0.15, 0.2) is 0 Å². The van der Waals surface area contributed by atoms with Crippen molar-refractivity contribution in [2.45, 2.75) is 31.3 Å². The third-order valence-corrected chi connectivity index (χ3v) is 4.23. The summed E-state index contributed by atoms with van der Waals surface area (Å²) in [5, 5.41) is 3.00. The van der Waals surface area contributed by atoms with Gasteiger partial charge in [0.25, 0.3) is 0 Å². The number of carbonyl (C=O) groups excluding carboxylic acids is 1. The lowest BCUT2D eigenvalue weighted by molar-refractivity contribution is -0.122. The molecule has 0 radical (unpaired) electrons. The van der Waals surface area contributed by atoms with E-state index in [9.17, 15) is 4.79 Å². The molecule has 7 heteroatoms. The summed E-state index contributed by atoms with van der Waals surface area (Å²) in [5.41, 5.74) is 7.09. The Balaban J connectivity index is 0.00000264. The van der Waals surface area contributed by atoms with Crippen molar-refractivity contribution in [1.29, 1.82) is 0 Å². The molecule has 1 aromatic carbocycles. The van der Waals surface area contributed by atoms with Crippen LogP contribution in [0.4, 0.5) is 0 Å². The minimum Gasteiger partial charge on any atom is -0.383 e. The summed E-state index contributed by atoms with van der Waals surface area (Å²) in [4.78, 5) is 14.5. The predicted octanol–water partition coefficient (Wildman–Crippen LogP) is 1.63. The largest absolute Gasteiger partial charge is 0.383 e. The van der Waals surface area contributed by atoms with Crippen molar-refractivity contribution in [3.8, 4) is 0 Å². The van der Waals surface area contributed by atoms with E-state index in [0.717, 1.165) is 31.7 Å². The number of rotatable bonds is 8. The van der Waals surface area contributed by atoms with Gasteiger partial charge in [0.05, 0.1) is 12.6 Å². The van der Waals surface area contributed by atoms with E-state index in [2.05, 4.69) is 10.2 Å². The number of halogens is 2. The van der Waals surface area contributed by atoms with Crippen LogP contribution in [0.2, 0.25) is 0 Å². The lowest BCUT2D eigenvalue weighted by atomic mass is 10.1. The Morgan fingerprint density at radius 1 is 1.38 bits per heavy atom. The van der Waals surface area contributed by atoms with Crippen LogP contribution in [0.25, 0.3) is 0 Å². The van der Waals surface area contributed by atoms with Gasteiger partial charge in [-0.05, 0) is 31.4 Å². The van der Waals surface area contributed by atoms with E-state index in [1.807, 2.05) is 30.3 Å². The molecule has 0 aromatic heterocycles. The molecule has 0 aliphatic carbocycles. The van der Waals surface area contributed by atoms with Crippen LogP contribution in [0.1, 0.15) is 18.4 Å². The number of nitrogens with zero attached hydrogens (tertiary/aromatic N) is 1. The van der Waals surface area contributed by atoms with Crippen molar-refractivity contribution in [2.75, 3.05) is 33.4 Å². The van der Waals surface area contributed by atoms with Crippen LogP contribution in [0.15, 0.2) is 30.3 Å². The van der Waals surface area contributed by atoms with Crippen molar-refractivity contribution in [2.24, 2.45) is 5.73 Å². The molecular weight excluding hydrogens is 349 g/mol. The van der Waals surface area contributed by atoms with Gasteiger partial charge in [-0.15, -0.1) is 24.8 Å². The maximum absolute atomic E-state index is 12.1. The number of methoxy groups -OCH3 is 1. The molecule has 138 valence electrons. The Kier molecular flexibility index (Phi) is 12.1. The highest BCUT2D eigenvalue weighted by Gasteiger charge is 2.25. The zero-order chi connectivity index (χ0) is 15.8. The minimum atomic E-state index is -0.490. The number of hydrogen-bond acceptors (Lipinski definition) is 4. The topological polar surface area (TPSA) is 67.6 Å². The lowest BCUT2D eigenvalue weighted by Crippen LogP contribution is -2.47. The second kappa shape index (κ2) is 12.5. The first-order chi connectivity index (χ1) is 10.7. The van der Waals surface area contributed by atoms with Gasteiger partial charge in [0.1, 0.15) is 0 Å². The molecule has 5 nitrogen and oxygen atoms in total. The molecule has 24 heavy (non-hydrogen) atoms. The summed E-state index contributed by atoms with van der Waals surface area (Å²) < 4.78 is 5.13. The average molecular weight is 378 g/mol. The molecule has 2 atom stereocenters. The van der Waals surface area contributed by atoms with Crippen LogP contribution in [0.3, 0.4) is 0 Å². The van der Waals surface area contributed by atoms with E-state index >= 15 is 0 Å². The maximum atomic E-state index is 12.1. The molecule has 1 aromatic rings. The number of nitrogens with two attached hydrogens (primary N) is 1. The second-order valence-corrected chi connectivity index (χ2v) is 5.87. The molecule has 1 aliphatic rings. The van der Waals surface area contributed by atoms with Gasteiger partial charge >= 0.3 is 0 Å². The molecule has 1 aliphatic heterocycles. The van der Waals surface area contributed by atoms with Crippen LogP contribution in [-0.4, -0.2) is 56.2 Å². The molecular formula is C17H29Cl2N3O2. The summed E-state index contributed by atoms with van der Waals surface area (Å²) in [6.45, 7) is 3.41. The van der Waals surface area contributed by atoms with E-state index in [1.165, 1.54) is 6.42 Å². The zero-order valence-electron chi connectivity index (χ0n) is 14.1. The zero-order valence-corrected chi connectivity index (χ0v) is 15.8. The quantitative estimate of drug-likeness (QED) is 0.722. The molecule has 1 saturated heterocycles. The standard InChI is InChI=1S/C17H27N3O2.2ClH/c1-22-11-10-20-9-5-8-15(20)13-19-17(21)16(18)12-14-6-3-2-4-7-14;;/h2-4,6-7,15-16H,5,8-13,18H2,1H3,(H,19,21);2*1H. The van der Waals surface area contributed by atoms with Gasteiger partial charge in [-0.3, -0.25) is 9.69 Å². The Morgan fingerprint density at radius 3 is 2.75 bits per heavy atom. The van der Waals surface area contributed by atoms with Gasteiger partial charge in [-0.25, -0.2) is 0 Å². The van der Waals surface area contributed by atoms with Crippen LogP contribution in [-0.2, 0) is 16.0 Å². The van der Waals surface area contributed by atoms with Crippen LogP contribution in [0, 0.1) is 0 Å². The number of benzene rings is 1. The first-order valence-electron chi connectivity index (χ1n) is 8.01. The highest BCUT2D eigenvalue weighted by molar-refractivity contribution is 5.85. The second-order valence-electron chi connectivity index (χ2n) is 5.87. The summed E-state index contributed by atoms with van der Waals surface area (Å²) >= 11 is 0. The number of amides is 1. The Bertz CT molecular complexity index is 462. The number of hydrogen-bond donors (Lipinski definition) is 2. The molecule has 1 fully saturated rings. The Morgan fingerprint density at radius 2 is 2.08 bits per heavy atom. The van der Waals surface area contributed by atoms with Gasteiger partial charge in [-0.1, -0.05) is 30.3 Å². The van der Waals surface area contributed by atoms with Crippen molar-refractivity contribution >= 4 is 30.7 Å². The minimum absolute atomic E-state index is 0. The number of nitrogens with one attached hydrogen (secondary N) is 1. The number of likely N-dealkylation sites (tertiary alicyclic amines) is 1.